The van der Waals surface area contributed by atoms with E-state index in [1.807, 2.05) is 0 Å². The fourth-order valence-electron chi connectivity index (χ4n) is 4.85. The maximum atomic E-state index is 4.95. The minimum atomic E-state index is 0.790. The van der Waals surface area contributed by atoms with E-state index in [1.54, 1.807) is 11.3 Å². The van der Waals surface area contributed by atoms with E-state index in [9.17, 15) is 0 Å². The molecule has 3 fully saturated rings. The first-order valence-electron chi connectivity index (χ1n) is 11.8. The number of nitrogens with zero attached hydrogens (tertiary/aromatic N) is 5. The van der Waals surface area contributed by atoms with E-state index in [4.69, 9.17) is 9.98 Å². The van der Waals surface area contributed by atoms with E-state index < -0.39 is 0 Å². The van der Waals surface area contributed by atoms with Crippen molar-refractivity contribution < 1.29 is 0 Å². The lowest BCUT2D eigenvalue weighted by atomic mass is 10.1. The number of nitrogens with one attached hydrogen (secondary N) is 1. The summed E-state index contributed by atoms with van der Waals surface area (Å²) in [4.78, 5) is 17.4. The van der Waals surface area contributed by atoms with Crippen LogP contribution in [0.5, 0.6) is 0 Å². The third-order valence-corrected chi connectivity index (χ3v) is 7.38. The molecule has 1 aromatic rings. The lowest BCUT2D eigenvalue weighted by molar-refractivity contribution is 0.198. The first kappa shape index (κ1) is 20.9. The van der Waals surface area contributed by atoms with Crippen LogP contribution in [0.25, 0.3) is 0 Å². The minimum Gasteiger partial charge on any atom is -0.357 e. The van der Waals surface area contributed by atoms with Gasteiger partial charge in [0.15, 0.2) is 11.1 Å². The molecule has 1 atom stereocenters. The molecule has 3 aliphatic heterocycles. The number of piperidine rings is 1. The Bertz CT molecular complexity index is 647. The lowest BCUT2D eigenvalue weighted by Crippen LogP contribution is -2.41. The Morgan fingerprint density at radius 3 is 2.72 bits per heavy atom. The normalized spacial score (nSPS) is 23.9. The van der Waals surface area contributed by atoms with Crippen molar-refractivity contribution in [2.75, 3.05) is 63.8 Å². The largest absolute Gasteiger partial charge is 0.357 e. The highest BCUT2D eigenvalue weighted by atomic mass is 32.1. The van der Waals surface area contributed by atoms with E-state index >= 15 is 0 Å². The van der Waals surface area contributed by atoms with E-state index in [-0.39, 0.29) is 0 Å². The molecule has 0 radical (unpaired) electrons. The van der Waals surface area contributed by atoms with Gasteiger partial charge in [0.2, 0.25) is 0 Å². The second-order valence-electron chi connectivity index (χ2n) is 8.76. The molecule has 6 nitrogen and oxygen atoms in total. The molecule has 7 heteroatoms. The minimum absolute atomic E-state index is 0.790. The molecule has 3 saturated heterocycles. The zero-order chi connectivity index (χ0) is 19.9. The van der Waals surface area contributed by atoms with Crippen molar-refractivity contribution in [3.8, 4) is 0 Å². The molecule has 1 aromatic heterocycles. The van der Waals surface area contributed by atoms with Gasteiger partial charge in [0.05, 0.1) is 5.69 Å². The molecule has 0 spiro atoms. The number of hydrogen-bond acceptors (Lipinski definition) is 5. The summed E-state index contributed by atoms with van der Waals surface area (Å²) in [6.07, 6.45) is 9.03. The van der Waals surface area contributed by atoms with Crippen molar-refractivity contribution in [2.45, 2.75) is 51.9 Å². The van der Waals surface area contributed by atoms with Crippen LogP contribution in [-0.4, -0.2) is 79.6 Å². The summed E-state index contributed by atoms with van der Waals surface area (Å²) in [6, 6.07) is 0. The molecule has 4 heterocycles. The van der Waals surface area contributed by atoms with Crippen molar-refractivity contribution in [2.24, 2.45) is 10.9 Å². The molecule has 1 unspecified atom stereocenters. The summed E-state index contributed by atoms with van der Waals surface area (Å²) in [6.45, 7) is 12.4. The summed E-state index contributed by atoms with van der Waals surface area (Å²) in [5.74, 6) is 1.89. The van der Waals surface area contributed by atoms with E-state index in [1.165, 1.54) is 82.1 Å². The zero-order valence-corrected chi connectivity index (χ0v) is 18.9. The number of thiazole rings is 1. The monoisotopic (exact) mass is 418 g/mol. The second-order valence-corrected chi connectivity index (χ2v) is 9.60. The first-order chi connectivity index (χ1) is 14.3. The van der Waals surface area contributed by atoms with Gasteiger partial charge in [0.1, 0.15) is 0 Å². The van der Waals surface area contributed by atoms with Crippen LogP contribution in [0.15, 0.2) is 10.4 Å². The molecule has 0 bridgehead atoms. The highest BCUT2D eigenvalue weighted by Crippen LogP contribution is 2.24. The Hall–Kier alpha value is -1.34. The second kappa shape index (κ2) is 10.6. The van der Waals surface area contributed by atoms with Gasteiger partial charge in [-0.3, -0.25) is 4.99 Å². The topological polar surface area (TPSA) is 47.0 Å². The van der Waals surface area contributed by atoms with Gasteiger partial charge >= 0.3 is 0 Å². The average molecular weight is 419 g/mol. The molecule has 29 heavy (non-hydrogen) atoms. The third-order valence-electron chi connectivity index (χ3n) is 6.43. The van der Waals surface area contributed by atoms with Crippen molar-refractivity contribution >= 4 is 22.4 Å². The van der Waals surface area contributed by atoms with Gasteiger partial charge in [-0.15, -0.1) is 11.3 Å². The maximum Gasteiger partial charge on any atom is 0.193 e. The summed E-state index contributed by atoms with van der Waals surface area (Å²) in [5, 5.41) is 6.95. The third kappa shape index (κ3) is 5.85. The Morgan fingerprint density at radius 2 is 1.93 bits per heavy atom. The number of guanidine groups is 1. The molecule has 3 aliphatic rings. The molecule has 0 aromatic carbocycles. The van der Waals surface area contributed by atoms with E-state index in [2.05, 4.69) is 32.3 Å². The van der Waals surface area contributed by atoms with Crippen molar-refractivity contribution in [1.82, 2.24) is 20.1 Å². The highest BCUT2D eigenvalue weighted by molar-refractivity contribution is 7.13. The van der Waals surface area contributed by atoms with Crippen LogP contribution < -0.4 is 10.2 Å². The molecular weight excluding hydrogens is 380 g/mol. The fraction of sp³-hybridized carbons (Fsp3) is 0.818. The van der Waals surface area contributed by atoms with Gasteiger partial charge < -0.3 is 20.0 Å². The predicted octanol–water partition coefficient (Wildman–Crippen LogP) is 3.06. The summed E-state index contributed by atoms with van der Waals surface area (Å²) < 4.78 is 0. The number of aliphatic imine (C=N–C) groups is 1. The van der Waals surface area contributed by atoms with Crippen LogP contribution in [0.3, 0.4) is 0 Å². The molecule has 4 rings (SSSR count). The van der Waals surface area contributed by atoms with Gasteiger partial charge in [0, 0.05) is 57.6 Å². The van der Waals surface area contributed by atoms with Gasteiger partial charge in [0.25, 0.3) is 0 Å². The molecule has 0 aliphatic carbocycles. The van der Waals surface area contributed by atoms with Gasteiger partial charge in [-0.05, 0) is 58.0 Å². The van der Waals surface area contributed by atoms with Crippen LogP contribution in [0.1, 0.15) is 51.1 Å². The standard InChI is InChI=1S/C22H38N6S/c1-2-23-21(28-15-9-19(17-28)16-26-11-4-3-5-12-26)24-10-8-20-18-29-22(25-20)27-13-6-7-14-27/h18-19H,2-17H2,1H3,(H,23,24). The average Bonchev–Trinajstić information content (AvgIpc) is 3.50. The summed E-state index contributed by atoms with van der Waals surface area (Å²) in [7, 11) is 0. The fourth-order valence-corrected chi connectivity index (χ4v) is 5.76. The summed E-state index contributed by atoms with van der Waals surface area (Å²) in [5.41, 5.74) is 1.20. The zero-order valence-electron chi connectivity index (χ0n) is 18.1. The van der Waals surface area contributed by atoms with Crippen molar-refractivity contribution in [3.63, 3.8) is 0 Å². The van der Waals surface area contributed by atoms with Gasteiger partial charge in [-0.25, -0.2) is 4.98 Å². The van der Waals surface area contributed by atoms with E-state index in [0.717, 1.165) is 44.5 Å². The summed E-state index contributed by atoms with van der Waals surface area (Å²) >= 11 is 1.79. The number of aromatic nitrogens is 1. The van der Waals surface area contributed by atoms with Crippen LogP contribution in [0, 0.1) is 5.92 Å². The number of anilines is 1. The first-order valence-corrected chi connectivity index (χ1v) is 12.6. The van der Waals surface area contributed by atoms with Crippen LogP contribution in [0.4, 0.5) is 5.13 Å². The van der Waals surface area contributed by atoms with Crippen LogP contribution in [-0.2, 0) is 6.42 Å². The number of rotatable bonds is 7. The van der Waals surface area contributed by atoms with Crippen LogP contribution >= 0.6 is 11.3 Å². The molecule has 0 amide bonds. The smallest absolute Gasteiger partial charge is 0.193 e. The van der Waals surface area contributed by atoms with Crippen molar-refractivity contribution in [3.05, 3.63) is 11.1 Å². The van der Waals surface area contributed by atoms with Gasteiger partial charge in [-0.2, -0.15) is 0 Å². The SMILES string of the molecule is CCNC(=NCCc1csc(N2CCCC2)n1)N1CCC(CN2CCCCC2)C1. The Kier molecular flexibility index (Phi) is 7.66. The lowest BCUT2D eigenvalue weighted by Gasteiger charge is -2.29. The predicted molar refractivity (Wildman–Crippen MR) is 123 cm³/mol. The highest BCUT2D eigenvalue weighted by Gasteiger charge is 2.27. The molecule has 1 N–H and O–H groups in total. The Morgan fingerprint density at radius 1 is 1.14 bits per heavy atom. The number of hydrogen-bond donors (Lipinski definition) is 1. The van der Waals surface area contributed by atoms with Crippen molar-refractivity contribution in [1.29, 1.82) is 0 Å². The van der Waals surface area contributed by atoms with E-state index in [0.29, 0.717) is 0 Å². The molecule has 162 valence electrons. The Balaban J connectivity index is 1.26. The molecule has 0 saturated carbocycles. The van der Waals surface area contributed by atoms with Gasteiger partial charge in [-0.1, -0.05) is 6.42 Å². The van der Waals surface area contributed by atoms with Crippen LogP contribution in [0.2, 0.25) is 0 Å². The number of likely N-dealkylation sites (tertiary alicyclic amines) is 2. The molecular formula is C22H38N6S. The maximum absolute atomic E-state index is 4.95. The Labute approximate surface area is 180 Å². The quantitative estimate of drug-likeness (QED) is 0.545.